The number of aliphatic hydroxyl groups excluding tert-OH is 2. The number of rotatable bonds is 10. The first-order chi connectivity index (χ1) is 12.8. The van der Waals surface area contributed by atoms with E-state index in [1.54, 1.807) is 0 Å². The largest absolute Gasteiger partial charge is 0.391 e. The first-order valence-corrected chi connectivity index (χ1v) is 11.4. The van der Waals surface area contributed by atoms with Crippen molar-refractivity contribution < 1.29 is 19.2 Å². The summed E-state index contributed by atoms with van der Waals surface area (Å²) in [5.74, 6) is 0.642. The molecule has 2 atom stereocenters. The van der Waals surface area contributed by atoms with Crippen molar-refractivity contribution in [3.05, 3.63) is 0 Å². The van der Waals surface area contributed by atoms with Crippen LogP contribution in [0, 0.1) is 0 Å². The summed E-state index contributed by atoms with van der Waals surface area (Å²) in [6, 6.07) is 0. The number of likely N-dealkylation sites (N-methyl/N-ethyl adjacent to an activating group) is 2. The van der Waals surface area contributed by atoms with E-state index in [0.717, 1.165) is 61.3 Å². The van der Waals surface area contributed by atoms with Crippen molar-refractivity contribution in [1.82, 2.24) is 9.80 Å². The van der Waals surface area contributed by atoms with E-state index in [4.69, 9.17) is 23.2 Å². The summed E-state index contributed by atoms with van der Waals surface area (Å²) < 4.78 is 2.28. The van der Waals surface area contributed by atoms with Crippen LogP contribution in [0.5, 0.6) is 0 Å². The Balaban J connectivity index is 1.66. The van der Waals surface area contributed by atoms with Crippen molar-refractivity contribution in [2.24, 2.45) is 0 Å². The van der Waals surface area contributed by atoms with Crippen LogP contribution in [-0.2, 0) is 0 Å². The Morgan fingerprint density at radius 2 is 1.07 bits per heavy atom. The topological polar surface area (TPSA) is 46.9 Å². The van der Waals surface area contributed by atoms with Gasteiger partial charge in [-0.25, -0.2) is 0 Å². The predicted octanol–water partition coefficient (Wildman–Crippen LogP) is 0.100. The average Bonchev–Trinajstić information content (AvgIpc) is 2.65. The second kappa shape index (κ2) is 10.9. The van der Waals surface area contributed by atoms with Gasteiger partial charge in [-0.2, -0.15) is 0 Å². The van der Waals surface area contributed by atoms with E-state index < -0.39 is 12.2 Å². The number of alkyl halides is 2. The molecule has 2 unspecified atom stereocenters. The SMILES string of the molecule is C[N+]1(CCC[N+]2(C)CCN(CC(O)CCl)CC2)CCN(CC(O)CCl)CC1. The van der Waals surface area contributed by atoms with Crippen molar-refractivity contribution >= 4 is 23.2 Å². The van der Waals surface area contributed by atoms with Gasteiger partial charge in [0.2, 0.25) is 0 Å². The summed E-state index contributed by atoms with van der Waals surface area (Å²) in [7, 11) is 4.75. The maximum absolute atomic E-state index is 9.73. The highest BCUT2D eigenvalue weighted by Gasteiger charge is 2.32. The third-order valence-electron chi connectivity index (χ3n) is 6.51. The van der Waals surface area contributed by atoms with Crippen LogP contribution in [0.25, 0.3) is 0 Å². The highest BCUT2D eigenvalue weighted by molar-refractivity contribution is 6.18. The lowest BCUT2D eigenvalue weighted by atomic mass is 10.2. The fourth-order valence-corrected chi connectivity index (χ4v) is 4.51. The van der Waals surface area contributed by atoms with E-state index >= 15 is 0 Å². The molecule has 2 N–H and O–H groups in total. The lowest BCUT2D eigenvalue weighted by Crippen LogP contribution is -2.61. The summed E-state index contributed by atoms with van der Waals surface area (Å²) in [6.07, 6.45) is 0.441. The van der Waals surface area contributed by atoms with Crippen LogP contribution < -0.4 is 0 Å². The van der Waals surface area contributed by atoms with Crippen molar-refractivity contribution in [3.63, 3.8) is 0 Å². The summed E-state index contributed by atoms with van der Waals surface area (Å²) in [6.45, 7) is 12.7. The lowest BCUT2D eigenvalue weighted by molar-refractivity contribution is -0.931. The number of hydrogen-bond donors (Lipinski definition) is 2. The van der Waals surface area contributed by atoms with E-state index in [0.29, 0.717) is 24.8 Å². The number of quaternary nitrogens is 2. The molecule has 0 aromatic heterocycles. The Kier molecular flexibility index (Phi) is 9.56. The zero-order valence-corrected chi connectivity index (χ0v) is 18.7. The van der Waals surface area contributed by atoms with Gasteiger partial charge >= 0.3 is 0 Å². The molecule has 0 saturated carbocycles. The minimum Gasteiger partial charge on any atom is -0.391 e. The Morgan fingerprint density at radius 3 is 1.37 bits per heavy atom. The van der Waals surface area contributed by atoms with E-state index in [-0.39, 0.29) is 0 Å². The summed E-state index contributed by atoms with van der Waals surface area (Å²) >= 11 is 11.4. The Bertz CT molecular complexity index is 390. The number of β-amino-alcohol motifs (C(OH)–C–C–N with tert-alkyl or cyclic N) is 2. The molecular weight excluding hydrogens is 387 g/mol. The van der Waals surface area contributed by atoms with Gasteiger partial charge < -0.3 is 19.2 Å². The third-order valence-corrected chi connectivity index (χ3v) is 7.23. The van der Waals surface area contributed by atoms with Gasteiger partial charge in [0, 0.05) is 57.4 Å². The molecular formula is C19H40Cl2N4O2+2. The predicted molar refractivity (Wildman–Crippen MR) is 113 cm³/mol. The average molecular weight is 427 g/mol. The zero-order chi connectivity index (χ0) is 19.9. The van der Waals surface area contributed by atoms with Crippen molar-refractivity contribution in [1.29, 1.82) is 0 Å². The molecule has 160 valence electrons. The van der Waals surface area contributed by atoms with Gasteiger partial charge in [0.05, 0.1) is 65.6 Å². The molecule has 2 heterocycles. The molecule has 0 aromatic carbocycles. The molecule has 0 bridgehead atoms. The summed E-state index contributed by atoms with van der Waals surface area (Å²) in [5, 5.41) is 19.5. The smallest absolute Gasteiger partial charge is 0.0914 e. The van der Waals surface area contributed by atoms with Gasteiger partial charge in [0.1, 0.15) is 0 Å². The number of hydrogen-bond acceptors (Lipinski definition) is 4. The second-order valence-electron chi connectivity index (χ2n) is 9.15. The van der Waals surface area contributed by atoms with Crippen molar-refractivity contribution in [2.75, 3.05) is 104 Å². The van der Waals surface area contributed by atoms with Gasteiger partial charge in [0.15, 0.2) is 0 Å². The van der Waals surface area contributed by atoms with Crippen LogP contribution in [0.1, 0.15) is 6.42 Å². The fraction of sp³-hybridized carbons (Fsp3) is 1.00. The molecule has 0 spiro atoms. The maximum Gasteiger partial charge on any atom is 0.0914 e. The quantitative estimate of drug-likeness (QED) is 0.384. The summed E-state index contributed by atoms with van der Waals surface area (Å²) in [5.41, 5.74) is 0. The van der Waals surface area contributed by atoms with Crippen LogP contribution in [0.2, 0.25) is 0 Å². The molecule has 0 aromatic rings. The fourth-order valence-electron chi connectivity index (χ4n) is 4.32. The minimum absolute atomic E-state index is 0.321. The van der Waals surface area contributed by atoms with Crippen molar-refractivity contribution in [2.45, 2.75) is 18.6 Å². The molecule has 0 aliphatic carbocycles. The molecule has 2 rings (SSSR count). The zero-order valence-electron chi connectivity index (χ0n) is 17.2. The van der Waals surface area contributed by atoms with E-state index in [1.165, 1.54) is 19.5 Å². The van der Waals surface area contributed by atoms with Crippen LogP contribution >= 0.6 is 23.2 Å². The van der Waals surface area contributed by atoms with E-state index in [1.807, 2.05) is 0 Å². The van der Waals surface area contributed by atoms with Crippen LogP contribution in [0.4, 0.5) is 0 Å². The Labute approximate surface area is 175 Å². The highest BCUT2D eigenvalue weighted by Crippen LogP contribution is 2.16. The number of aliphatic hydroxyl groups is 2. The first kappa shape index (κ1) is 23.6. The third kappa shape index (κ3) is 7.94. The van der Waals surface area contributed by atoms with Gasteiger partial charge in [-0.05, 0) is 0 Å². The van der Waals surface area contributed by atoms with Crippen LogP contribution in [0.15, 0.2) is 0 Å². The molecule has 0 radical (unpaired) electrons. The highest BCUT2D eigenvalue weighted by atomic mass is 35.5. The number of piperazine rings is 2. The standard InChI is InChI=1S/C19H40Cl2N4O2/c1-24(10-4-22(5-11-24)16-18(26)14-20)8-3-9-25(2)12-6-23(7-13-25)17-19(27)15-21/h18-19,26-27H,3-17H2,1-2H3/q+2. The molecule has 8 heteroatoms. The number of halogens is 2. The van der Waals surface area contributed by atoms with E-state index in [2.05, 4.69) is 23.9 Å². The Morgan fingerprint density at radius 1 is 0.741 bits per heavy atom. The molecule has 0 amide bonds. The monoisotopic (exact) mass is 426 g/mol. The molecule has 6 nitrogen and oxygen atoms in total. The molecule has 2 aliphatic heterocycles. The summed E-state index contributed by atoms with van der Waals surface area (Å²) in [4.78, 5) is 4.69. The Hall–Kier alpha value is 0.340. The lowest BCUT2D eigenvalue weighted by Gasteiger charge is -2.45. The molecule has 2 aliphatic rings. The second-order valence-corrected chi connectivity index (χ2v) is 9.77. The maximum atomic E-state index is 9.73. The van der Waals surface area contributed by atoms with Gasteiger partial charge in [-0.1, -0.05) is 0 Å². The molecule has 2 fully saturated rings. The van der Waals surface area contributed by atoms with Crippen LogP contribution in [0.3, 0.4) is 0 Å². The molecule has 27 heavy (non-hydrogen) atoms. The van der Waals surface area contributed by atoms with Gasteiger partial charge in [0.25, 0.3) is 0 Å². The van der Waals surface area contributed by atoms with Crippen LogP contribution in [-0.4, -0.2) is 146 Å². The van der Waals surface area contributed by atoms with Gasteiger partial charge in [-0.15, -0.1) is 23.2 Å². The first-order valence-electron chi connectivity index (χ1n) is 10.4. The van der Waals surface area contributed by atoms with E-state index in [9.17, 15) is 10.2 Å². The van der Waals surface area contributed by atoms with Gasteiger partial charge in [-0.3, -0.25) is 9.80 Å². The normalized spacial score (nSPS) is 26.0. The number of nitrogens with zero attached hydrogens (tertiary/aromatic N) is 4. The van der Waals surface area contributed by atoms with Crippen molar-refractivity contribution in [3.8, 4) is 0 Å². The molecule has 2 saturated heterocycles. The minimum atomic E-state index is -0.405.